The van der Waals surface area contributed by atoms with Gasteiger partial charge in [0.2, 0.25) is 5.91 Å². The zero-order valence-electron chi connectivity index (χ0n) is 10.6. The summed E-state index contributed by atoms with van der Waals surface area (Å²) in [6.07, 6.45) is 0.0732. The average molecular weight is 271 g/mol. The maximum Gasteiger partial charge on any atom is 0.292 e. The summed E-state index contributed by atoms with van der Waals surface area (Å²) in [6.45, 7) is 0. The van der Waals surface area contributed by atoms with Crippen LogP contribution >= 0.6 is 0 Å². The van der Waals surface area contributed by atoms with Gasteiger partial charge in [-0.3, -0.25) is 14.9 Å². The van der Waals surface area contributed by atoms with E-state index >= 15 is 0 Å². The first-order valence-corrected chi connectivity index (χ1v) is 5.94. The molecule has 0 aromatic heterocycles. The summed E-state index contributed by atoms with van der Waals surface area (Å²) >= 11 is 0. The highest BCUT2D eigenvalue weighted by atomic mass is 16.6. The molecule has 0 fully saturated rings. The third-order valence-electron chi connectivity index (χ3n) is 2.75. The predicted molar refractivity (Wildman–Crippen MR) is 75.7 cm³/mol. The lowest BCUT2D eigenvalue weighted by Gasteiger charge is -2.11. The van der Waals surface area contributed by atoms with Gasteiger partial charge in [-0.25, -0.2) is 0 Å². The number of carbonyl (C=O) groups excluding carboxylic acids is 1. The van der Waals surface area contributed by atoms with Gasteiger partial charge in [-0.1, -0.05) is 30.3 Å². The average Bonchev–Trinajstić information content (AvgIpc) is 2.41. The molecule has 3 N–H and O–H groups in total. The van der Waals surface area contributed by atoms with Crippen LogP contribution < -0.4 is 11.1 Å². The van der Waals surface area contributed by atoms with Crippen molar-refractivity contribution < 1.29 is 9.72 Å². The number of nitro groups is 1. The van der Waals surface area contributed by atoms with E-state index in [0.29, 0.717) is 16.9 Å². The van der Waals surface area contributed by atoms with Crippen molar-refractivity contribution in [2.75, 3.05) is 5.32 Å². The highest BCUT2D eigenvalue weighted by molar-refractivity contribution is 5.80. The minimum absolute atomic E-state index is 0.0265. The Morgan fingerprint density at radius 1 is 1.10 bits per heavy atom. The van der Waals surface area contributed by atoms with Gasteiger partial charge >= 0.3 is 0 Å². The van der Waals surface area contributed by atoms with Crippen LogP contribution in [0.1, 0.15) is 5.56 Å². The van der Waals surface area contributed by atoms with Crippen molar-refractivity contribution in [3.05, 3.63) is 64.2 Å². The SMILES string of the molecule is NC(=O)Cc1ccccc1Nc1ccccc1[N+](=O)[O-]. The van der Waals surface area contributed by atoms with Crippen molar-refractivity contribution in [2.45, 2.75) is 6.42 Å². The number of anilines is 2. The van der Waals surface area contributed by atoms with Gasteiger partial charge in [-0.2, -0.15) is 0 Å². The Balaban J connectivity index is 2.35. The van der Waals surface area contributed by atoms with E-state index < -0.39 is 10.8 Å². The Morgan fingerprint density at radius 3 is 2.35 bits per heavy atom. The van der Waals surface area contributed by atoms with Gasteiger partial charge in [0.15, 0.2) is 0 Å². The summed E-state index contributed by atoms with van der Waals surface area (Å²) < 4.78 is 0. The van der Waals surface area contributed by atoms with Crippen LogP contribution in [0.4, 0.5) is 17.1 Å². The normalized spacial score (nSPS) is 10.0. The molecule has 6 heteroatoms. The van der Waals surface area contributed by atoms with Crippen molar-refractivity contribution >= 4 is 23.0 Å². The highest BCUT2D eigenvalue weighted by Crippen LogP contribution is 2.28. The van der Waals surface area contributed by atoms with Crippen molar-refractivity contribution in [3.63, 3.8) is 0 Å². The summed E-state index contributed by atoms with van der Waals surface area (Å²) in [5.74, 6) is -0.457. The van der Waals surface area contributed by atoms with Crippen LogP contribution in [0, 0.1) is 10.1 Å². The molecular weight excluding hydrogens is 258 g/mol. The number of hydrogen-bond donors (Lipinski definition) is 2. The molecule has 6 nitrogen and oxygen atoms in total. The summed E-state index contributed by atoms with van der Waals surface area (Å²) in [7, 11) is 0. The molecule has 0 aliphatic rings. The predicted octanol–water partition coefficient (Wildman–Crippen LogP) is 2.37. The quantitative estimate of drug-likeness (QED) is 0.644. The molecule has 0 spiro atoms. The van der Waals surface area contributed by atoms with Crippen LogP contribution in [0.2, 0.25) is 0 Å². The van der Waals surface area contributed by atoms with E-state index in [9.17, 15) is 14.9 Å². The number of nitro benzene ring substituents is 1. The lowest BCUT2D eigenvalue weighted by molar-refractivity contribution is -0.383. The first kappa shape index (κ1) is 13.5. The summed E-state index contributed by atoms with van der Waals surface area (Å²) in [5.41, 5.74) is 6.85. The maximum atomic E-state index is 11.0. The molecule has 0 atom stereocenters. The van der Waals surface area contributed by atoms with Crippen LogP contribution in [-0.2, 0) is 11.2 Å². The minimum atomic E-state index is -0.459. The molecular formula is C14H13N3O3. The maximum absolute atomic E-state index is 11.0. The number of primary amides is 1. The number of nitrogens with zero attached hydrogens (tertiary/aromatic N) is 1. The van der Waals surface area contributed by atoms with Gasteiger partial charge in [0.05, 0.1) is 11.3 Å². The molecule has 0 heterocycles. The van der Waals surface area contributed by atoms with E-state index in [1.807, 2.05) is 0 Å². The van der Waals surface area contributed by atoms with Crippen molar-refractivity contribution in [2.24, 2.45) is 5.73 Å². The largest absolute Gasteiger partial charge is 0.369 e. The van der Waals surface area contributed by atoms with Gasteiger partial charge in [0.1, 0.15) is 5.69 Å². The van der Waals surface area contributed by atoms with E-state index in [0.717, 1.165) is 0 Å². The van der Waals surface area contributed by atoms with E-state index in [1.54, 1.807) is 42.5 Å². The fraction of sp³-hybridized carbons (Fsp3) is 0.0714. The first-order valence-electron chi connectivity index (χ1n) is 5.94. The van der Waals surface area contributed by atoms with Crippen LogP contribution in [0.3, 0.4) is 0 Å². The Bertz CT molecular complexity index is 656. The molecule has 0 aliphatic heterocycles. The fourth-order valence-corrected chi connectivity index (χ4v) is 1.87. The number of amides is 1. The van der Waals surface area contributed by atoms with Crippen LogP contribution in [0.5, 0.6) is 0 Å². The fourth-order valence-electron chi connectivity index (χ4n) is 1.87. The lowest BCUT2D eigenvalue weighted by Crippen LogP contribution is -2.14. The van der Waals surface area contributed by atoms with E-state index in [4.69, 9.17) is 5.73 Å². The van der Waals surface area contributed by atoms with Crippen LogP contribution in [0.15, 0.2) is 48.5 Å². The van der Waals surface area contributed by atoms with Crippen LogP contribution in [0.25, 0.3) is 0 Å². The minimum Gasteiger partial charge on any atom is -0.369 e. The second-order valence-corrected chi connectivity index (χ2v) is 4.20. The van der Waals surface area contributed by atoms with Crippen molar-refractivity contribution in [3.8, 4) is 0 Å². The Morgan fingerprint density at radius 2 is 1.70 bits per heavy atom. The van der Waals surface area contributed by atoms with E-state index in [1.165, 1.54) is 6.07 Å². The zero-order valence-corrected chi connectivity index (χ0v) is 10.6. The zero-order chi connectivity index (χ0) is 14.5. The molecule has 0 aliphatic carbocycles. The summed E-state index contributed by atoms with van der Waals surface area (Å²) in [6, 6.07) is 13.4. The number of rotatable bonds is 5. The number of benzene rings is 2. The van der Waals surface area contributed by atoms with Gasteiger partial charge in [-0.15, -0.1) is 0 Å². The number of carbonyl (C=O) groups is 1. The topological polar surface area (TPSA) is 98.3 Å². The smallest absolute Gasteiger partial charge is 0.292 e. The summed E-state index contributed by atoms with van der Waals surface area (Å²) in [5, 5.41) is 13.9. The van der Waals surface area contributed by atoms with Gasteiger partial charge < -0.3 is 11.1 Å². The second kappa shape index (κ2) is 5.83. The second-order valence-electron chi connectivity index (χ2n) is 4.20. The lowest BCUT2D eigenvalue weighted by atomic mass is 10.1. The Labute approximate surface area is 115 Å². The standard InChI is InChI=1S/C14H13N3O3/c15-14(18)9-10-5-1-2-6-11(10)16-12-7-3-4-8-13(12)17(19)20/h1-8,16H,9H2,(H2,15,18). The summed E-state index contributed by atoms with van der Waals surface area (Å²) in [4.78, 5) is 21.5. The molecule has 2 rings (SSSR count). The number of hydrogen-bond acceptors (Lipinski definition) is 4. The molecule has 0 saturated carbocycles. The van der Waals surface area contributed by atoms with Gasteiger partial charge in [0, 0.05) is 11.8 Å². The Hall–Kier alpha value is -2.89. The Kier molecular flexibility index (Phi) is 3.95. The number of nitrogens with two attached hydrogens (primary N) is 1. The van der Waals surface area contributed by atoms with Crippen molar-refractivity contribution in [1.29, 1.82) is 0 Å². The number of nitrogens with one attached hydrogen (secondary N) is 1. The third kappa shape index (κ3) is 3.11. The molecule has 20 heavy (non-hydrogen) atoms. The molecule has 0 radical (unpaired) electrons. The number of para-hydroxylation sites is 3. The molecule has 2 aromatic carbocycles. The van der Waals surface area contributed by atoms with E-state index in [-0.39, 0.29) is 12.1 Å². The molecule has 102 valence electrons. The van der Waals surface area contributed by atoms with Crippen molar-refractivity contribution in [1.82, 2.24) is 0 Å². The molecule has 0 unspecified atom stereocenters. The monoisotopic (exact) mass is 271 g/mol. The third-order valence-corrected chi connectivity index (χ3v) is 2.75. The van der Waals surface area contributed by atoms with E-state index in [2.05, 4.69) is 5.32 Å². The molecule has 0 saturated heterocycles. The van der Waals surface area contributed by atoms with Crippen LogP contribution in [-0.4, -0.2) is 10.8 Å². The highest BCUT2D eigenvalue weighted by Gasteiger charge is 2.13. The van der Waals surface area contributed by atoms with Gasteiger partial charge in [-0.05, 0) is 17.7 Å². The van der Waals surface area contributed by atoms with Gasteiger partial charge in [0.25, 0.3) is 5.69 Å². The molecule has 2 aromatic rings. The molecule has 1 amide bonds. The molecule has 0 bridgehead atoms. The first-order chi connectivity index (χ1) is 9.58.